The molecule has 1 aromatic carbocycles. The molecule has 1 aliphatic heterocycles. The topological polar surface area (TPSA) is 37.4 Å². The van der Waals surface area contributed by atoms with Gasteiger partial charge in [-0.05, 0) is 24.5 Å². The van der Waals surface area contributed by atoms with Crippen LogP contribution in [0, 0.1) is 11.8 Å². The summed E-state index contributed by atoms with van der Waals surface area (Å²) in [6.45, 7) is 2.81. The van der Waals surface area contributed by atoms with Crippen molar-refractivity contribution in [2.75, 3.05) is 13.6 Å². The average Bonchev–Trinajstić information content (AvgIpc) is 2.34. The molecular formula is C14H16BrNO2. The van der Waals surface area contributed by atoms with Gasteiger partial charge in [0.2, 0.25) is 5.91 Å². The van der Waals surface area contributed by atoms with Crippen LogP contribution >= 0.6 is 15.9 Å². The molecule has 1 aromatic rings. The summed E-state index contributed by atoms with van der Waals surface area (Å²) < 4.78 is 0.930. The van der Waals surface area contributed by atoms with Crippen molar-refractivity contribution in [3.8, 4) is 0 Å². The van der Waals surface area contributed by atoms with Gasteiger partial charge in [0.25, 0.3) is 0 Å². The molecule has 0 bridgehead atoms. The number of likely N-dealkylation sites (tertiary alicyclic amines) is 1. The average molecular weight is 310 g/mol. The van der Waals surface area contributed by atoms with Crippen LogP contribution in [-0.2, 0) is 4.79 Å². The summed E-state index contributed by atoms with van der Waals surface area (Å²) >= 11 is 3.34. The Morgan fingerprint density at radius 2 is 1.94 bits per heavy atom. The lowest BCUT2D eigenvalue weighted by atomic mass is 9.84. The molecule has 0 spiro atoms. The fraction of sp³-hybridized carbons (Fsp3) is 0.429. The maximum Gasteiger partial charge on any atom is 0.233 e. The molecule has 2 atom stereocenters. The normalized spacial score (nSPS) is 24.2. The molecule has 1 amide bonds. The molecule has 18 heavy (non-hydrogen) atoms. The molecule has 0 aliphatic carbocycles. The summed E-state index contributed by atoms with van der Waals surface area (Å²) in [6, 6.07) is 7.18. The first kappa shape index (κ1) is 13.3. The van der Waals surface area contributed by atoms with Crippen LogP contribution in [0.25, 0.3) is 0 Å². The third kappa shape index (κ3) is 2.64. The second-order valence-electron chi connectivity index (χ2n) is 4.98. The van der Waals surface area contributed by atoms with Gasteiger partial charge in [0.1, 0.15) is 5.92 Å². The minimum Gasteiger partial charge on any atom is -0.345 e. The van der Waals surface area contributed by atoms with E-state index in [1.807, 2.05) is 12.1 Å². The highest BCUT2D eigenvalue weighted by Gasteiger charge is 2.35. The Labute approximate surface area is 115 Å². The van der Waals surface area contributed by atoms with Gasteiger partial charge in [0, 0.05) is 23.6 Å². The van der Waals surface area contributed by atoms with Gasteiger partial charge in [-0.25, -0.2) is 0 Å². The van der Waals surface area contributed by atoms with Gasteiger partial charge in [-0.3, -0.25) is 9.59 Å². The lowest BCUT2D eigenvalue weighted by molar-refractivity contribution is -0.136. The van der Waals surface area contributed by atoms with Crippen molar-refractivity contribution < 1.29 is 9.59 Å². The molecule has 96 valence electrons. The van der Waals surface area contributed by atoms with Gasteiger partial charge in [-0.2, -0.15) is 0 Å². The van der Waals surface area contributed by atoms with E-state index in [9.17, 15) is 9.59 Å². The smallest absolute Gasteiger partial charge is 0.233 e. The fourth-order valence-corrected chi connectivity index (χ4v) is 2.70. The van der Waals surface area contributed by atoms with Gasteiger partial charge in [-0.15, -0.1) is 0 Å². The minimum atomic E-state index is -0.514. The number of amides is 1. The predicted molar refractivity (Wildman–Crippen MR) is 73.4 cm³/mol. The molecule has 4 heteroatoms. The number of hydrogen-bond acceptors (Lipinski definition) is 2. The van der Waals surface area contributed by atoms with Crippen LogP contribution in [0.5, 0.6) is 0 Å². The van der Waals surface area contributed by atoms with Crippen molar-refractivity contribution >= 4 is 27.6 Å². The Morgan fingerprint density at radius 1 is 1.33 bits per heavy atom. The van der Waals surface area contributed by atoms with Gasteiger partial charge < -0.3 is 4.90 Å². The Morgan fingerprint density at radius 3 is 2.56 bits per heavy atom. The summed E-state index contributed by atoms with van der Waals surface area (Å²) in [5.41, 5.74) is 0.610. The molecule has 0 N–H and O–H groups in total. The molecule has 1 fully saturated rings. The van der Waals surface area contributed by atoms with Crippen LogP contribution in [0.4, 0.5) is 0 Å². The highest BCUT2D eigenvalue weighted by Crippen LogP contribution is 2.25. The molecule has 0 aromatic heterocycles. The van der Waals surface area contributed by atoms with E-state index in [0.717, 1.165) is 11.0 Å². The number of benzene rings is 1. The fourth-order valence-electron chi connectivity index (χ4n) is 2.44. The molecular weight excluding hydrogens is 294 g/mol. The Balaban J connectivity index is 2.22. The minimum absolute atomic E-state index is 0.0546. The highest BCUT2D eigenvalue weighted by molar-refractivity contribution is 9.10. The number of ketones is 1. The number of rotatable bonds is 2. The molecule has 0 radical (unpaired) electrons. The number of hydrogen-bond donors (Lipinski definition) is 0. The quantitative estimate of drug-likeness (QED) is 0.622. The number of carbonyl (C=O) groups is 2. The first-order chi connectivity index (χ1) is 8.49. The second kappa shape index (κ2) is 5.22. The van der Waals surface area contributed by atoms with E-state index in [0.29, 0.717) is 17.9 Å². The summed E-state index contributed by atoms with van der Waals surface area (Å²) in [6.07, 6.45) is 0.651. The van der Waals surface area contributed by atoms with Crippen LogP contribution in [0.2, 0.25) is 0 Å². The van der Waals surface area contributed by atoms with E-state index in [1.54, 1.807) is 24.1 Å². The number of halogens is 1. The third-order valence-electron chi connectivity index (χ3n) is 3.34. The van der Waals surface area contributed by atoms with Crippen LogP contribution < -0.4 is 0 Å². The van der Waals surface area contributed by atoms with Crippen LogP contribution in [0.15, 0.2) is 28.7 Å². The molecule has 1 heterocycles. The van der Waals surface area contributed by atoms with Crippen LogP contribution in [0.3, 0.4) is 0 Å². The van der Waals surface area contributed by atoms with E-state index in [-0.39, 0.29) is 11.7 Å². The molecule has 1 unspecified atom stereocenters. The Hall–Kier alpha value is -1.16. The highest BCUT2D eigenvalue weighted by atomic mass is 79.9. The van der Waals surface area contributed by atoms with Crippen molar-refractivity contribution in [3.05, 3.63) is 34.3 Å². The van der Waals surface area contributed by atoms with Gasteiger partial charge in [-0.1, -0.05) is 35.0 Å². The van der Waals surface area contributed by atoms with Crippen molar-refractivity contribution in [1.82, 2.24) is 4.90 Å². The largest absolute Gasteiger partial charge is 0.345 e. The number of carbonyl (C=O) groups excluding carboxylic acids is 2. The maximum absolute atomic E-state index is 12.3. The summed E-state index contributed by atoms with van der Waals surface area (Å²) in [5, 5.41) is 0. The lowest BCUT2D eigenvalue weighted by Crippen LogP contribution is -2.45. The first-order valence-corrected chi connectivity index (χ1v) is 6.83. The predicted octanol–water partition coefficient (Wildman–Crippen LogP) is 2.75. The van der Waals surface area contributed by atoms with E-state index in [4.69, 9.17) is 0 Å². The molecule has 1 aliphatic rings. The Bertz CT molecular complexity index is 469. The van der Waals surface area contributed by atoms with E-state index in [2.05, 4.69) is 22.9 Å². The third-order valence-corrected chi connectivity index (χ3v) is 3.87. The zero-order valence-corrected chi connectivity index (χ0v) is 12.1. The Kier molecular flexibility index (Phi) is 3.85. The van der Waals surface area contributed by atoms with E-state index >= 15 is 0 Å². The number of piperidine rings is 1. The molecule has 3 nitrogen and oxygen atoms in total. The summed E-state index contributed by atoms with van der Waals surface area (Å²) in [4.78, 5) is 26.1. The van der Waals surface area contributed by atoms with Gasteiger partial charge in [0.15, 0.2) is 5.78 Å². The molecule has 0 saturated carbocycles. The van der Waals surface area contributed by atoms with Crippen LogP contribution in [-0.4, -0.2) is 30.2 Å². The van der Waals surface area contributed by atoms with Gasteiger partial charge in [0.05, 0.1) is 0 Å². The van der Waals surface area contributed by atoms with Gasteiger partial charge >= 0.3 is 0 Å². The van der Waals surface area contributed by atoms with Crippen LogP contribution in [0.1, 0.15) is 23.7 Å². The SMILES string of the molecule is C[C@H]1CC(C(=O)c2ccc(Br)cc2)C(=O)N(C)C1. The maximum atomic E-state index is 12.3. The van der Waals surface area contributed by atoms with Crippen molar-refractivity contribution in [2.24, 2.45) is 11.8 Å². The zero-order valence-electron chi connectivity index (χ0n) is 10.5. The second-order valence-corrected chi connectivity index (χ2v) is 5.90. The number of Topliss-reactive ketones (excluding diaryl/α,β-unsaturated/α-hetero) is 1. The number of nitrogens with zero attached hydrogens (tertiary/aromatic N) is 1. The monoisotopic (exact) mass is 309 g/mol. The summed E-state index contributed by atoms with van der Waals surface area (Å²) in [7, 11) is 1.76. The zero-order chi connectivity index (χ0) is 13.3. The van der Waals surface area contributed by atoms with E-state index < -0.39 is 5.92 Å². The van der Waals surface area contributed by atoms with Crippen molar-refractivity contribution in [3.63, 3.8) is 0 Å². The first-order valence-electron chi connectivity index (χ1n) is 6.04. The lowest BCUT2D eigenvalue weighted by Gasteiger charge is -2.32. The van der Waals surface area contributed by atoms with E-state index in [1.165, 1.54) is 0 Å². The molecule has 1 saturated heterocycles. The van der Waals surface area contributed by atoms with Crippen molar-refractivity contribution in [2.45, 2.75) is 13.3 Å². The standard InChI is InChI=1S/C14H16BrNO2/c1-9-7-12(14(18)16(2)8-9)13(17)10-3-5-11(15)6-4-10/h3-6,9,12H,7-8H2,1-2H3/t9-,12?/m0/s1. The van der Waals surface area contributed by atoms with Crippen molar-refractivity contribution in [1.29, 1.82) is 0 Å². The summed E-state index contributed by atoms with van der Waals surface area (Å²) in [5.74, 6) is -0.260. The molecule has 2 rings (SSSR count).